The summed E-state index contributed by atoms with van der Waals surface area (Å²) in [5.41, 5.74) is 5.92. The van der Waals surface area contributed by atoms with Crippen molar-refractivity contribution >= 4 is 21.8 Å². The van der Waals surface area contributed by atoms with Crippen molar-refractivity contribution in [2.75, 3.05) is 6.61 Å². The Morgan fingerprint density at radius 1 is 1.86 bits per heavy atom. The summed E-state index contributed by atoms with van der Waals surface area (Å²) in [4.78, 5) is 14.9. The molecule has 1 unspecified atom stereocenters. The van der Waals surface area contributed by atoms with E-state index in [1.807, 2.05) is 0 Å². The van der Waals surface area contributed by atoms with E-state index in [2.05, 4.69) is 9.52 Å². The molecule has 1 heterocycles. The molecule has 78 valence electrons. The van der Waals surface area contributed by atoms with Gasteiger partial charge in [-0.1, -0.05) is 0 Å². The quantitative estimate of drug-likeness (QED) is 0.524. The number of hydrogen-bond donors (Lipinski definition) is 2. The molecule has 0 aliphatic carbocycles. The SMILES string of the molecule is CCOC(=O)CC1=CS(=NO)C(N)=N1. The van der Waals surface area contributed by atoms with Crippen molar-refractivity contribution in [1.82, 2.24) is 0 Å². The van der Waals surface area contributed by atoms with Crippen molar-refractivity contribution in [2.45, 2.75) is 13.3 Å². The number of carbonyl (C=O) groups excluding carboxylic acids is 1. The zero-order valence-electron chi connectivity index (χ0n) is 7.64. The summed E-state index contributed by atoms with van der Waals surface area (Å²) >= 11 is 0. The highest BCUT2D eigenvalue weighted by molar-refractivity contribution is 8.05. The van der Waals surface area contributed by atoms with Crippen LogP contribution in [0.5, 0.6) is 0 Å². The van der Waals surface area contributed by atoms with Crippen LogP contribution < -0.4 is 5.73 Å². The van der Waals surface area contributed by atoms with Gasteiger partial charge in [0.1, 0.15) is 0 Å². The minimum Gasteiger partial charge on any atom is -0.466 e. The Bertz CT molecular complexity index is 335. The van der Waals surface area contributed by atoms with E-state index in [1.54, 1.807) is 12.3 Å². The van der Waals surface area contributed by atoms with Crippen LogP contribution in [0.3, 0.4) is 0 Å². The van der Waals surface area contributed by atoms with E-state index in [4.69, 9.17) is 15.7 Å². The number of nitrogens with two attached hydrogens (primary N) is 1. The monoisotopic (exact) mass is 217 g/mol. The molecule has 0 radical (unpaired) electrons. The third-order valence-electron chi connectivity index (χ3n) is 1.43. The average molecular weight is 217 g/mol. The molecule has 1 aliphatic heterocycles. The molecular formula is C7H11N3O3S. The van der Waals surface area contributed by atoms with Crippen molar-refractivity contribution in [3.63, 3.8) is 0 Å². The highest BCUT2D eigenvalue weighted by Crippen LogP contribution is 2.14. The number of aliphatic imine (C=N–C) groups is 1. The number of nitrogens with zero attached hydrogens (tertiary/aromatic N) is 2. The zero-order valence-corrected chi connectivity index (χ0v) is 8.45. The summed E-state index contributed by atoms with van der Waals surface area (Å²) in [6.45, 7) is 2.06. The summed E-state index contributed by atoms with van der Waals surface area (Å²) < 4.78 is 7.74. The van der Waals surface area contributed by atoms with E-state index in [-0.39, 0.29) is 17.6 Å². The third-order valence-corrected chi connectivity index (χ3v) is 2.63. The number of carbonyl (C=O) groups is 1. The number of esters is 1. The molecule has 0 aromatic carbocycles. The van der Waals surface area contributed by atoms with Crippen LogP contribution in [0, 0.1) is 0 Å². The Labute approximate surface area is 83.5 Å². The first-order chi connectivity index (χ1) is 6.67. The lowest BCUT2D eigenvalue weighted by molar-refractivity contribution is -0.142. The molecule has 0 saturated carbocycles. The van der Waals surface area contributed by atoms with Gasteiger partial charge in [0.25, 0.3) is 0 Å². The Morgan fingerprint density at radius 3 is 3.07 bits per heavy atom. The van der Waals surface area contributed by atoms with Crippen molar-refractivity contribution in [3.8, 4) is 0 Å². The molecule has 1 aliphatic rings. The van der Waals surface area contributed by atoms with Crippen molar-refractivity contribution < 1.29 is 14.7 Å². The molecule has 14 heavy (non-hydrogen) atoms. The van der Waals surface area contributed by atoms with E-state index >= 15 is 0 Å². The Kier molecular flexibility index (Phi) is 3.78. The van der Waals surface area contributed by atoms with Crippen LogP contribution in [0.1, 0.15) is 13.3 Å². The van der Waals surface area contributed by atoms with Crippen molar-refractivity contribution in [2.24, 2.45) is 15.3 Å². The molecule has 0 bridgehead atoms. The van der Waals surface area contributed by atoms with Gasteiger partial charge in [0.05, 0.1) is 18.7 Å². The zero-order chi connectivity index (χ0) is 10.6. The largest absolute Gasteiger partial charge is 0.466 e. The topological polar surface area (TPSA) is 97.3 Å². The van der Waals surface area contributed by atoms with Crippen LogP contribution >= 0.6 is 0 Å². The molecule has 1 rings (SSSR count). The highest BCUT2D eigenvalue weighted by Gasteiger charge is 2.15. The van der Waals surface area contributed by atoms with Crippen molar-refractivity contribution in [3.05, 3.63) is 11.1 Å². The molecule has 0 aromatic heterocycles. The van der Waals surface area contributed by atoms with E-state index in [0.717, 1.165) is 0 Å². The number of ether oxygens (including phenoxy) is 1. The molecule has 3 N–H and O–H groups in total. The lowest BCUT2D eigenvalue weighted by Gasteiger charge is -1.98. The van der Waals surface area contributed by atoms with Gasteiger partial charge in [0.2, 0.25) is 0 Å². The first-order valence-electron chi connectivity index (χ1n) is 3.96. The fourth-order valence-corrected chi connectivity index (χ4v) is 1.77. The Hall–Kier alpha value is -1.21. The summed E-state index contributed by atoms with van der Waals surface area (Å²) in [5.74, 6) is -0.362. The molecule has 0 spiro atoms. The normalized spacial score (nSPS) is 20.6. The predicted molar refractivity (Wildman–Crippen MR) is 52.5 cm³/mol. The minimum atomic E-state index is -0.891. The smallest absolute Gasteiger partial charge is 0.311 e. The van der Waals surface area contributed by atoms with Gasteiger partial charge in [0, 0.05) is 16.1 Å². The van der Waals surface area contributed by atoms with E-state index in [0.29, 0.717) is 12.3 Å². The maximum absolute atomic E-state index is 11.0. The second-order valence-corrected chi connectivity index (χ2v) is 3.88. The van der Waals surface area contributed by atoms with Crippen molar-refractivity contribution in [1.29, 1.82) is 0 Å². The van der Waals surface area contributed by atoms with E-state index in [9.17, 15) is 4.79 Å². The van der Waals surface area contributed by atoms with Crippen LogP contribution in [0.15, 0.2) is 20.6 Å². The molecule has 0 aromatic rings. The van der Waals surface area contributed by atoms with Gasteiger partial charge >= 0.3 is 5.97 Å². The van der Waals surface area contributed by atoms with E-state index in [1.165, 1.54) is 0 Å². The van der Waals surface area contributed by atoms with Gasteiger partial charge in [-0.15, -0.1) is 4.53 Å². The van der Waals surface area contributed by atoms with Crippen LogP contribution in [0.4, 0.5) is 0 Å². The van der Waals surface area contributed by atoms with Gasteiger partial charge in [0.15, 0.2) is 5.17 Å². The Balaban J connectivity index is 2.61. The third kappa shape index (κ3) is 2.64. The predicted octanol–water partition coefficient (Wildman–Crippen LogP) is 0.300. The maximum atomic E-state index is 11.0. The lowest BCUT2D eigenvalue weighted by atomic mass is 10.3. The highest BCUT2D eigenvalue weighted by atomic mass is 32.2. The summed E-state index contributed by atoms with van der Waals surface area (Å²) in [6, 6.07) is 0. The van der Waals surface area contributed by atoms with Gasteiger partial charge in [-0.05, 0) is 6.92 Å². The molecule has 6 nitrogen and oxygen atoms in total. The molecule has 1 atom stereocenters. The molecular weight excluding hydrogens is 206 g/mol. The first kappa shape index (κ1) is 10.9. The average Bonchev–Trinajstić information content (AvgIpc) is 2.46. The standard InChI is InChI=1S/C7H11N3O3S/c1-2-13-6(11)3-5-4-14(10-12)7(8)9-5/h4,12H,2-3H2,1H3,(H2,8,9). The van der Waals surface area contributed by atoms with Gasteiger partial charge in [-0.2, -0.15) is 0 Å². The molecule has 0 fully saturated rings. The van der Waals surface area contributed by atoms with Crippen LogP contribution in [0.2, 0.25) is 0 Å². The number of hydrogen-bond acceptors (Lipinski definition) is 5. The van der Waals surface area contributed by atoms with Gasteiger partial charge < -0.3 is 10.5 Å². The number of rotatable bonds is 3. The Morgan fingerprint density at radius 2 is 2.57 bits per heavy atom. The van der Waals surface area contributed by atoms with E-state index < -0.39 is 10.7 Å². The lowest BCUT2D eigenvalue weighted by Crippen LogP contribution is -2.12. The second-order valence-electron chi connectivity index (χ2n) is 2.44. The first-order valence-corrected chi connectivity index (χ1v) is 5.20. The van der Waals surface area contributed by atoms with Gasteiger partial charge in [-0.25, -0.2) is 4.99 Å². The van der Waals surface area contributed by atoms with Crippen LogP contribution in [-0.2, 0) is 20.2 Å². The molecule has 0 saturated heterocycles. The van der Waals surface area contributed by atoms with Crippen LogP contribution in [-0.4, -0.2) is 23.0 Å². The second kappa shape index (κ2) is 4.87. The van der Waals surface area contributed by atoms with Gasteiger partial charge in [-0.3, -0.25) is 10.0 Å². The van der Waals surface area contributed by atoms with Crippen LogP contribution in [0.25, 0.3) is 0 Å². The fourth-order valence-electron chi connectivity index (χ4n) is 0.910. The molecule has 0 amide bonds. The fraction of sp³-hybridized carbons (Fsp3) is 0.429. The molecule has 7 heteroatoms. The summed E-state index contributed by atoms with van der Waals surface area (Å²) in [5, 5.41) is 10.3. The number of amidine groups is 1. The maximum Gasteiger partial charge on any atom is 0.311 e. The summed E-state index contributed by atoms with van der Waals surface area (Å²) in [6.07, 6.45) is 0.0631. The minimum absolute atomic E-state index is 0.0631. The summed E-state index contributed by atoms with van der Waals surface area (Å²) in [7, 11) is -0.891.